The lowest BCUT2D eigenvalue weighted by Gasteiger charge is -2.35. The van der Waals surface area contributed by atoms with Gasteiger partial charge in [-0.2, -0.15) is 0 Å². The van der Waals surface area contributed by atoms with Crippen LogP contribution in [0.4, 0.5) is 5.69 Å². The van der Waals surface area contributed by atoms with Gasteiger partial charge in [0.25, 0.3) is 5.91 Å². The Balaban J connectivity index is 1.53. The zero-order chi connectivity index (χ0) is 18.8. The Hall–Kier alpha value is -1.79. The Morgan fingerprint density at radius 3 is 2.74 bits per heavy atom. The Bertz CT molecular complexity index is 821. The molecule has 4 nitrogen and oxygen atoms in total. The molecule has 27 heavy (non-hydrogen) atoms. The van der Waals surface area contributed by atoms with Crippen LogP contribution in [-0.4, -0.2) is 41.6 Å². The molecule has 0 saturated carbocycles. The van der Waals surface area contributed by atoms with Crippen LogP contribution in [0.2, 0.25) is 0 Å². The second-order valence-corrected chi connectivity index (χ2v) is 9.67. The molecule has 1 saturated heterocycles. The Morgan fingerprint density at radius 1 is 1.07 bits per heavy atom. The van der Waals surface area contributed by atoms with Crippen molar-refractivity contribution in [3.8, 4) is 0 Å². The van der Waals surface area contributed by atoms with Crippen LogP contribution in [0.25, 0.3) is 0 Å². The third kappa shape index (κ3) is 3.92. The monoisotopic (exact) mass is 400 g/mol. The molecule has 142 valence electrons. The van der Waals surface area contributed by atoms with Crippen molar-refractivity contribution < 1.29 is 9.59 Å². The highest BCUT2D eigenvalue weighted by Crippen LogP contribution is 2.38. The van der Waals surface area contributed by atoms with Crippen molar-refractivity contribution in [2.45, 2.75) is 36.3 Å². The number of fused-ring (bicyclic) bond motifs is 1. The molecule has 0 aliphatic carbocycles. The molecule has 2 aliphatic rings. The molecule has 1 fully saturated rings. The van der Waals surface area contributed by atoms with Crippen LogP contribution in [0, 0.1) is 5.92 Å². The average molecular weight is 401 g/mol. The maximum atomic E-state index is 13.4. The van der Waals surface area contributed by atoms with E-state index in [1.165, 1.54) is 16.2 Å². The van der Waals surface area contributed by atoms with Crippen molar-refractivity contribution in [3.63, 3.8) is 0 Å². The lowest BCUT2D eigenvalue weighted by atomic mass is 9.95. The van der Waals surface area contributed by atoms with Gasteiger partial charge in [0.15, 0.2) is 0 Å². The molecular formula is C21H24N2O2S2. The van der Waals surface area contributed by atoms with E-state index in [1.54, 1.807) is 0 Å². The number of piperidine rings is 1. The van der Waals surface area contributed by atoms with Crippen molar-refractivity contribution in [2.75, 3.05) is 24.5 Å². The summed E-state index contributed by atoms with van der Waals surface area (Å²) in [6.07, 6.45) is 2.72. The fourth-order valence-electron chi connectivity index (χ4n) is 3.86. The van der Waals surface area contributed by atoms with Gasteiger partial charge in [-0.1, -0.05) is 25.1 Å². The number of rotatable bonds is 2. The maximum absolute atomic E-state index is 13.4. The third-order valence-corrected chi connectivity index (χ3v) is 7.39. The van der Waals surface area contributed by atoms with Gasteiger partial charge in [-0.25, -0.2) is 0 Å². The van der Waals surface area contributed by atoms with Crippen LogP contribution in [0.3, 0.4) is 0 Å². The number of nitrogens with zero attached hydrogens (tertiary/aromatic N) is 2. The topological polar surface area (TPSA) is 40.6 Å². The zero-order valence-electron chi connectivity index (χ0n) is 15.5. The van der Waals surface area contributed by atoms with Crippen molar-refractivity contribution in [1.82, 2.24) is 4.90 Å². The molecule has 2 atom stereocenters. The maximum Gasteiger partial charge on any atom is 0.263 e. The molecule has 2 aliphatic heterocycles. The first kappa shape index (κ1) is 18.6. The third-order valence-electron chi connectivity index (χ3n) is 5.30. The SMILES string of the molecule is CC1CCN(C(=O)C2CCCN(C(=O)c3cccs3)C2)c2ccccc2S1. The predicted molar refractivity (Wildman–Crippen MR) is 112 cm³/mol. The number of thioether (sulfide) groups is 1. The predicted octanol–water partition coefficient (Wildman–Crippen LogP) is 4.52. The minimum Gasteiger partial charge on any atom is -0.337 e. The number of hydrogen-bond donors (Lipinski definition) is 0. The first-order valence-electron chi connectivity index (χ1n) is 9.53. The normalized spacial score (nSPS) is 22.9. The molecule has 1 aromatic heterocycles. The van der Waals surface area contributed by atoms with E-state index in [2.05, 4.69) is 19.1 Å². The van der Waals surface area contributed by atoms with Gasteiger partial charge in [-0.05, 0) is 42.8 Å². The van der Waals surface area contributed by atoms with Crippen molar-refractivity contribution in [1.29, 1.82) is 0 Å². The van der Waals surface area contributed by atoms with Crippen LogP contribution in [0.1, 0.15) is 35.9 Å². The highest BCUT2D eigenvalue weighted by Gasteiger charge is 2.34. The highest BCUT2D eigenvalue weighted by molar-refractivity contribution is 8.00. The molecule has 1 aromatic carbocycles. The van der Waals surface area contributed by atoms with Gasteiger partial charge >= 0.3 is 0 Å². The van der Waals surface area contributed by atoms with Crippen molar-refractivity contribution in [2.24, 2.45) is 5.92 Å². The van der Waals surface area contributed by atoms with Gasteiger partial charge in [-0.15, -0.1) is 23.1 Å². The molecule has 0 bridgehead atoms. The molecule has 3 heterocycles. The number of carbonyl (C=O) groups excluding carboxylic acids is 2. The lowest BCUT2D eigenvalue weighted by Crippen LogP contribution is -2.47. The molecular weight excluding hydrogens is 376 g/mol. The largest absolute Gasteiger partial charge is 0.337 e. The molecule has 2 unspecified atom stereocenters. The summed E-state index contributed by atoms with van der Waals surface area (Å²) in [6, 6.07) is 12.0. The number of para-hydroxylation sites is 1. The molecule has 2 amide bonds. The first-order valence-corrected chi connectivity index (χ1v) is 11.3. The van der Waals surface area contributed by atoms with E-state index < -0.39 is 0 Å². The molecule has 4 rings (SSSR count). The quantitative estimate of drug-likeness (QED) is 0.744. The second-order valence-electron chi connectivity index (χ2n) is 7.24. The molecule has 0 spiro atoms. The summed E-state index contributed by atoms with van der Waals surface area (Å²) in [5, 5.41) is 2.42. The summed E-state index contributed by atoms with van der Waals surface area (Å²) < 4.78 is 0. The number of benzene rings is 1. The number of carbonyl (C=O) groups is 2. The van der Waals surface area contributed by atoms with E-state index in [0.717, 1.165) is 42.9 Å². The Labute approximate surface area is 168 Å². The van der Waals surface area contributed by atoms with Crippen molar-refractivity contribution in [3.05, 3.63) is 46.7 Å². The van der Waals surface area contributed by atoms with Gasteiger partial charge in [0.05, 0.1) is 16.5 Å². The van der Waals surface area contributed by atoms with Gasteiger partial charge in [0.2, 0.25) is 5.91 Å². The smallest absolute Gasteiger partial charge is 0.263 e. The van der Waals surface area contributed by atoms with E-state index in [4.69, 9.17) is 0 Å². The summed E-state index contributed by atoms with van der Waals surface area (Å²) in [7, 11) is 0. The summed E-state index contributed by atoms with van der Waals surface area (Å²) in [5.41, 5.74) is 1.03. The fraction of sp³-hybridized carbons (Fsp3) is 0.429. The highest BCUT2D eigenvalue weighted by atomic mass is 32.2. The van der Waals surface area contributed by atoms with Gasteiger partial charge in [0, 0.05) is 29.8 Å². The average Bonchev–Trinajstić information content (AvgIpc) is 3.17. The summed E-state index contributed by atoms with van der Waals surface area (Å²) >= 11 is 3.31. The van der Waals surface area contributed by atoms with E-state index in [9.17, 15) is 9.59 Å². The number of amides is 2. The minimum absolute atomic E-state index is 0.0583. The summed E-state index contributed by atoms with van der Waals surface area (Å²) in [5.74, 6) is 0.109. The molecule has 0 N–H and O–H groups in total. The summed E-state index contributed by atoms with van der Waals surface area (Å²) in [4.78, 5) is 31.9. The van der Waals surface area contributed by atoms with Gasteiger partial charge in [-0.3, -0.25) is 9.59 Å². The fourth-order valence-corrected chi connectivity index (χ4v) is 5.66. The van der Waals surface area contributed by atoms with Crippen LogP contribution in [-0.2, 0) is 4.79 Å². The van der Waals surface area contributed by atoms with Crippen LogP contribution >= 0.6 is 23.1 Å². The van der Waals surface area contributed by atoms with Crippen LogP contribution < -0.4 is 4.90 Å². The van der Waals surface area contributed by atoms with Gasteiger partial charge in [0.1, 0.15) is 0 Å². The Kier molecular flexibility index (Phi) is 5.55. The first-order chi connectivity index (χ1) is 13.1. The molecule has 6 heteroatoms. The standard InChI is InChI=1S/C21H24N2O2S2/c1-15-10-12-23(17-7-2-3-8-18(17)27-15)20(24)16-6-4-11-22(14-16)21(25)19-9-5-13-26-19/h2-3,5,7-9,13,15-16H,4,6,10-12,14H2,1H3. The second kappa shape index (κ2) is 8.07. The number of hydrogen-bond acceptors (Lipinski definition) is 4. The van der Waals surface area contributed by atoms with E-state index >= 15 is 0 Å². The lowest BCUT2D eigenvalue weighted by molar-refractivity contribution is -0.123. The molecule has 0 radical (unpaired) electrons. The van der Waals surface area contributed by atoms with E-state index in [0.29, 0.717) is 11.8 Å². The van der Waals surface area contributed by atoms with Crippen LogP contribution in [0.15, 0.2) is 46.7 Å². The van der Waals surface area contributed by atoms with Crippen molar-refractivity contribution >= 4 is 40.6 Å². The number of thiophene rings is 1. The number of anilines is 1. The van der Waals surface area contributed by atoms with E-state index in [1.807, 2.05) is 51.2 Å². The number of likely N-dealkylation sites (tertiary alicyclic amines) is 1. The minimum atomic E-state index is -0.117. The van der Waals surface area contributed by atoms with Crippen LogP contribution in [0.5, 0.6) is 0 Å². The summed E-state index contributed by atoms with van der Waals surface area (Å²) in [6.45, 7) is 4.23. The Morgan fingerprint density at radius 2 is 1.93 bits per heavy atom. The van der Waals surface area contributed by atoms with Gasteiger partial charge < -0.3 is 9.80 Å². The van der Waals surface area contributed by atoms with E-state index in [-0.39, 0.29) is 17.7 Å². The molecule has 2 aromatic rings. The zero-order valence-corrected chi connectivity index (χ0v) is 17.1.